The first-order valence-electron chi connectivity index (χ1n) is 12.6. The van der Waals surface area contributed by atoms with Crippen molar-refractivity contribution in [2.75, 3.05) is 13.1 Å². The van der Waals surface area contributed by atoms with Crippen LogP contribution < -0.4 is 5.32 Å². The molecule has 1 amide bonds. The Morgan fingerprint density at radius 1 is 1.27 bits per heavy atom. The van der Waals surface area contributed by atoms with E-state index in [0.717, 1.165) is 61.4 Å². The highest BCUT2D eigenvalue weighted by molar-refractivity contribution is 5.76. The summed E-state index contributed by atoms with van der Waals surface area (Å²) in [5.41, 5.74) is 1.54. The van der Waals surface area contributed by atoms with Crippen molar-refractivity contribution in [2.24, 2.45) is 5.92 Å². The number of phenolic OH excluding ortho intramolecular Hbond substituents is 1. The maximum absolute atomic E-state index is 12.6. The molecule has 2 bridgehead atoms. The molecule has 1 aromatic carbocycles. The van der Waals surface area contributed by atoms with Crippen molar-refractivity contribution < 1.29 is 20.1 Å². The summed E-state index contributed by atoms with van der Waals surface area (Å²) < 4.78 is 0. The Labute approximate surface area is 196 Å². The molecule has 0 aromatic heterocycles. The average Bonchev–Trinajstić information content (AvgIpc) is 3.55. The van der Waals surface area contributed by atoms with Crippen molar-refractivity contribution in [3.8, 4) is 5.75 Å². The molecule has 4 N–H and O–H groups in total. The maximum atomic E-state index is 12.6. The van der Waals surface area contributed by atoms with E-state index >= 15 is 0 Å². The van der Waals surface area contributed by atoms with E-state index in [1.807, 2.05) is 13.0 Å². The lowest BCUT2D eigenvalue weighted by atomic mass is 9.48. The number of hydrogen-bond acceptors (Lipinski definition) is 5. The summed E-state index contributed by atoms with van der Waals surface area (Å²) >= 11 is 0. The number of carbonyl (C=O) groups excluding carboxylic acids is 1. The highest BCUT2D eigenvalue weighted by Crippen LogP contribution is 2.58. The van der Waals surface area contributed by atoms with E-state index in [-0.39, 0.29) is 17.7 Å². The highest BCUT2D eigenvalue weighted by atomic mass is 16.3. The molecule has 1 aromatic rings. The third kappa shape index (κ3) is 4.00. The Balaban J connectivity index is 1.43. The van der Waals surface area contributed by atoms with Crippen molar-refractivity contribution >= 4 is 5.91 Å². The van der Waals surface area contributed by atoms with E-state index in [0.29, 0.717) is 19.3 Å². The first-order valence-corrected chi connectivity index (χ1v) is 12.6. The average molecular weight is 455 g/mol. The molecule has 33 heavy (non-hydrogen) atoms. The molecular weight excluding hydrogens is 416 g/mol. The molecule has 3 aliphatic carbocycles. The van der Waals surface area contributed by atoms with Gasteiger partial charge in [0, 0.05) is 30.8 Å². The van der Waals surface area contributed by atoms with Gasteiger partial charge in [-0.15, -0.1) is 6.58 Å². The molecule has 6 nitrogen and oxygen atoms in total. The number of nitrogens with zero attached hydrogens (tertiary/aromatic N) is 1. The summed E-state index contributed by atoms with van der Waals surface area (Å²) in [6.07, 6.45) is 5.95. The fraction of sp³-hybridized carbons (Fsp3) is 0.667. The van der Waals surface area contributed by atoms with Gasteiger partial charge in [-0.1, -0.05) is 11.6 Å². The Morgan fingerprint density at radius 2 is 2.06 bits per heavy atom. The minimum Gasteiger partial charge on any atom is -0.508 e. The number of piperidine rings is 1. The van der Waals surface area contributed by atoms with Crippen LogP contribution in [0.4, 0.5) is 0 Å². The molecule has 5 unspecified atom stereocenters. The molecule has 180 valence electrons. The van der Waals surface area contributed by atoms with Gasteiger partial charge in [-0.25, -0.2) is 0 Å². The summed E-state index contributed by atoms with van der Waals surface area (Å²) in [4.78, 5) is 15.1. The van der Waals surface area contributed by atoms with Crippen molar-refractivity contribution in [1.29, 1.82) is 0 Å². The number of phenols is 1. The predicted octanol–water partition coefficient (Wildman–Crippen LogP) is 2.79. The van der Waals surface area contributed by atoms with Crippen LogP contribution in [0.3, 0.4) is 0 Å². The van der Waals surface area contributed by atoms with Crippen LogP contribution in [0.25, 0.3) is 0 Å². The standard InChI is InChI=1S/C27H38N2O4/c1-17(2)4-3-5-25(32)28-22-14-27(33)24-12-19-8-9-20(30)13-21(19)26(27,15-23(22)31)10-11-29(24)16-18-6-7-18/h8-9,13,18,22-24,30-31,33H,1,3-7,10-12,14-16H2,2H3,(H,28,32). The molecule has 1 heterocycles. The zero-order valence-corrected chi connectivity index (χ0v) is 19.7. The normalized spacial score (nSPS) is 35.4. The van der Waals surface area contributed by atoms with Crippen LogP contribution in [-0.4, -0.2) is 63.0 Å². The number of hydrogen-bond donors (Lipinski definition) is 4. The van der Waals surface area contributed by atoms with Gasteiger partial charge in [0.1, 0.15) is 5.75 Å². The molecule has 0 spiro atoms. The maximum Gasteiger partial charge on any atom is 0.220 e. The smallest absolute Gasteiger partial charge is 0.220 e. The fourth-order valence-corrected chi connectivity index (χ4v) is 6.91. The van der Waals surface area contributed by atoms with E-state index in [1.165, 1.54) is 12.8 Å². The van der Waals surface area contributed by atoms with Gasteiger partial charge >= 0.3 is 0 Å². The molecule has 6 heteroatoms. The number of nitrogens with one attached hydrogen (secondary N) is 1. The third-order valence-corrected chi connectivity index (χ3v) is 8.77. The Bertz CT molecular complexity index is 944. The van der Waals surface area contributed by atoms with E-state index in [4.69, 9.17) is 0 Å². The number of rotatable bonds is 7. The summed E-state index contributed by atoms with van der Waals surface area (Å²) in [5, 5.41) is 37.0. The Hall–Kier alpha value is -1.89. The van der Waals surface area contributed by atoms with Crippen molar-refractivity contribution in [1.82, 2.24) is 10.2 Å². The van der Waals surface area contributed by atoms with Crippen LogP contribution in [0.2, 0.25) is 0 Å². The molecule has 1 saturated heterocycles. The first kappa shape index (κ1) is 22.9. The number of aromatic hydroxyl groups is 1. The minimum atomic E-state index is -1.06. The Kier molecular flexibility index (Phi) is 5.82. The number of amides is 1. The zero-order chi connectivity index (χ0) is 23.4. The van der Waals surface area contributed by atoms with Crippen LogP contribution in [0.1, 0.15) is 69.4 Å². The van der Waals surface area contributed by atoms with E-state index < -0.39 is 23.2 Å². The lowest BCUT2D eigenvalue weighted by Gasteiger charge is -2.65. The van der Waals surface area contributed by atoms with Gasteiger partial charge in [-0.3, -0.25) is 9.69 Å². The molecule has 5 rings (SSSR count). The summed E-state index contributed by atoms with van der Waals surface area (Å²) in [5.74, 6) is 0.848. The predicted molar refractivity (Wildman–Crippen MR) is 127 cm³/mol. The number of likely N-dealkylation sites (tertiary alicyclic amines) is 1. The summed E-state index contributed by atoms with van der Waals surface area (Å²) in [6, 6.07) is 5.01. The molecule has 0 radical (unpaired) electrons. The first-order chi connectivity index (χ1) is 15.7. The van der Waals surface area contributed by atoms with Crippen LogP contribution in [-0.2, 0) is 16.6 Å². The van der Waals surface area contributed by atoms with Crippen LogP contribution in [0, 0.1) is 5.92 Å². The zero-order valence-electron chi connectivity index (χ0n) is 19.7. The molecule has 4 aliphatic rings. The van der Waals surface area contributed by atoms with Crippen LogP contribution >= 0.6 is 0 Å². The van der Waals surface area contributed by atoms with Gasteiger partial charge in [0.2, 0.25) is 5.91 Å². The van der Waals surface area contributed by atoms with Crippen LogP contribution in [0.5, 0.6) is 5.75 Å². The van der Waals surface area contributed by atoms with Crippen molar-refractivity contribution in [3.05, 3.63) is 41.5 Å². The summed E-state index contributed by atoms with van der Waals surface area (Å²) in [6.45, 7) is 7.76. The molecule has 3 fully saturated rings. The molecule has 2 saturated carbocycles. The summed E-state index contributed by atoms with van der Waals surface area (Å²) in [7, 11) is 0. The third-order valence-electron chi connectivity index (χ3n) is 8.77. The van der Waals surface area contributed by atoms with Crippen molar-refractivity contribution in [3.63, 3.8) is 0 Å². The van der Waals surface area contributed by atoms with Gasteiger partial charge in [0.25, 0.3) is 0 Å². The second kappa shape index (κ2) is 8.40. The monoisotopic (exact) mass is 454 g/mol. The fourth-order valence-electron chi connectivity index (χ4n) is 6.91. The topological polar surface area (TPSA) is 93.0 Å². The van der Waals surface area contributed by atoms with Gasteiger partial charge in [0.05, 0.1) is 17.7 Å². The number of aliphatic hydroxyl groups excluding tert-OH is 1. The Morgan fingerprint density at radius 3 is 2.79 bits per heavy atom. The SMILES string of the molecule is C=C(C)CCCC(=O)NC1CC2(O)C3Cc4ccc(O)cc4C2(CCN3CC2CC2)CC1O. The minimum absolute atomic E-state index is 0.0424. The van der Waals surface area contributed by atoms with Gasteiger partial charge in [-0.05, 0) is 87.6 Å². The lowest BCUT2D eigenvalue weighted by molar-refractivity contribution is -0.190. The number of carbonyl (C=O) groups is 1. The lowest BCUT2D eigenvalue weighted by Crippen LogP contribution is -2.76. The number of benzene rings is 1. The second-order valence-electron chi connectivity index (χ2n) is 11.2. The van der Waals surface area contributed by atoms with Crippen molar-refractivity contribution in [2.45, 2.75) is 93.9 Å². The molecule has 5 atom stereocenters. The van der Waals surface area contributed by atoms with E-state index in [1.54, 1.807) is 12.1 Å². The molecule has 1 aliphatic heterocycles. The molecular formula is C27H38N2O4. The van der Waals surface area contributed by atoms with E-state index in [2.05, 4.69) is 16.8 Å². The van der Waals surface area contributed by atoms with E-state index in [9.17, 15) is 20.1 Å². The van der Waals surface area contributed by atoms with Crippen LogP contribution in [0.15, 0.2) is 30.4 Å². The number of fused-ring (bicyclic) bond motifs is 1. The second-order valence-corrected chi connectivity index (χ2v) is 11.2. The number of aliphatic hydroxyl groups is 2. The quantitative estimate of drug-likeness (QED) is 0.476. The highest BCUT2D eigenvalue weighted by Gasteiger charge is 2.66. The largest absolute Gasteiger partial charge is 0.508 e. The van der Waals surface area contributed by atoms with Gasteiger partial charge in [0.15, 0.2) is 0 Å². The van der Waals surface area contributed by atoms with Gasteiger partial charge in [-0.2, -0.15) is 0 Å². The number of allylic oxidation sites excluding steroid dienone is 1. The van der Waals surface area contributed by atoms with Gasteiger partial charge < -0.3 is 20.6 Å².